The first-order chi connectivity index (χ1) is 11.2. The quantitative estimate of drug-likeness (QED) is 0.661. The molecule has 0 fully saturated rings. The highest BCUT2D eigenvalue weighted by Crippen LogP contribution is 2.35. The molecule has 0 aliphatic carbocycles. The summed E-state index contributed by atoms with van der Waals surface area (Å²) in [6.45, 7) is 8.60. The van der Waals surface area contributed by atoms with Crippen molar-refractivity contribution in [2.24, 2.45) is 11.1 Å². The molecule has 0 saturated carbocycles. The minimum atomic E-state index is -0.513. The van der Waals surface area contributed by atoms with E-state index in [1.165, 1.54) is 6.20 Å². The zero-order valence-electron chi connectivity index (χ0n) is 14.2. The summed E-state index contributed by atoms with van der Waals surface area (Å²) in [5.74, 6) is 0.214. The first kappa shape index (κ1) is 16.6. The summed E-state index contributed by atoms with van der Waals surface area (Å²) in [5.41, 5.74) is 7.46. The second-order valence-corrected chi connectivity index (χ2v) is 7.62. The molecule has 0 radical (unpaired) electrons. The van der Waals surface area contributed by atoms with Crippen molar-refractivity contribution in [1.29, 1.82) is 0 Å². The SMILES string of the molecule is C[C@H](Nc1ncc(C(N)=O)c2[nH]c3cc(Cl)ccc3c12)C(C)(C)C. The Kier molecular flexibility index (Phi) is 3.92. The molecule has 1 atom stereocenters. The Morgan fingerprint density at radius 2 is 2.08 bits per heavy atom. The van der Waals surface area contributed by atoms with E-state index in [2.05, 4.69) is 43.0 Å². The summed E-state index contributed by atoms with van der Waals surface area (Å²) in [5, 5.41) is 5.90. The molecule has 0 unspecified atom stereocenters. The first-order valence-corrected chi connectivity index (χ1v) is 8.22. The number of anilines is 1. The number of aromatic amines is 1. The summed E-state index contributed by atoms with van der Waals surface area (Å²) in [4.78, 5) is 19.5. The van der Waals surface area contributed by atoms with Gasteiger partial charge in [-0.2, -0.15) is 0 Å². The van der Waals surface area contributed by atoms with Crippen LogP contribution in [0.2, 0.25) is 5.02 Å². The lowest BCUT2D eigenvalue weighted by atomic mass is 9.88. The Hall–Kier alpha value is -2.27. The molecule has 0 aliphatic rings. The Balaban J connectivity index is 2.29. The summed E-state index contributed by atoms with van der Waals surface area (Å²) in [6.07, 6.45) is 1.51. The molecule has 3 rings (SSSR count). The number of aromatic nitrogens is 2. The summed E-state index contributed by atoms with van der Waals surface area (Å²) < 4.78 is 0. The molecule has 0 spiro atoms. The number of hydrogen-bond donors (Lipinski definition) is 3. The third kappa shape index (κ3) is 2.80. The summed E-state index contributed by atoms with van der Waals surface area (Å²) in [6, 6.07) is 5.77. The van der Waals surface area contributed by atoms with Crippen LogP contribution in [0.4, 0.5) is 5.82 Å². The topological polar surface area (TPSA) is 83.8 Å². The summed E-state index contributed by atoms with van der Waals surface area (Å²) >= 11 is 6.09. The molecule has 1 aromatic carbocycles. The van der Waals surface area contributed by atoms with Gasteiger partial charge in [-0.1, -0.05) is 38.4 Å². The van der Waals surface area contributed by atoms with E-state index in [0.29, 0.717) is 16.1 Å². The Morgan fingerprint density at radius 1 is 1.38 bits per heavy atom. The lowest BCUT2D eigenvalue weighted by Crippen LogP contribution is -2.31. The number of nitrogens with two attached hydrogens (primary N) is 1. The number of nitrogens with one attached hydrogen (secondary N) is 2. The molecular weight excluding hydrogens is 324 g/mol. The number of carbonyl (C=O) groups excluding carboxylic acids is 1. The van der Waals surface area contributed by atoms with Gasteiger partial charge in [0.15, 0.2) is 0 Å². The van der Waals surface area contributed by atoms with Crippen molar-refractivity contribution in [2.75, 3.05) is 5.32 Å². The number of fused-ring (bicyclic) bond motifs is 3. The van der Waals surface area contributed by atoms with Gasteiger partial charge in [0, 0.05) is 28.2 Å². The van der Waals surface area contributed by atoms with Crippen LogP contribution in [0.3, 0.4) is 0 Å². The standard InChI is InChI=1S/C18H21ClN4O/c1-9(18(2,3)4)22-17-14-11-6-5-10(19)7-13(11)23-15(14)12(8-21-17)16(20)24/h5-9,23H,1-4H3,(H2,20,24)(H,21,22)/t9-/m0/s1. The third-order valence-electron chi connectivity index (χ3n) is 4.51. The number of pyridine rings is 1. The van der Waals surface area contributed by atoms with E-state index < -0.39 is 5.91 Å². The number of H-pyrrole nitrogens is 1. The average Bonchev–Trinajstić information content (AvgIpc) is 2.84. The van der Waals surface area contributed by atoms with Gasteiger partial charge < -0.3 is 16.0 Å². The largest absolute Gasteiger partial charge is 0.367 e. The maximum absolute atomic E-state index is 11.8. The van der Waals surface area contributed by atoms with Gasteiger partial charge in [0.25, 0.3) is 5.91 Å². The van der Waals surface area contributed by atoms with Crippen molar-refractivity contribution >= 4 is 45.1 Å². The number of primary amides is 1. The van der Waals surface area contributed by atoms with E-state index >= 15 is 0 Å². The minimum Gasteiger partial charge on any atom is -0.367 e. The van der Waals surface area contributed by atoms with Crippen LogP contribution in [0, 0.1) is 5.41 Å². The molecular formula is C18H21ClN4O. The van der Waals surface area contributed by atoms with Crippen molar-refractivity contribution < 1.29 is 4.79 Å². The molecule has 2 aromatic heterocycles. The van der Waals surface area contributed by atoms with Crippen LogP contribution in [-0.4, -0.2) is 21.9 Å². The van der Waals surface area contributed by atoms with Crippen molar-refractivity contribution in [2.45, 2.75) is 33.7 Å². The first-order valence-electron chi connectivity index (χ1n) is 7.84. The highest BCUT2D eigenvalue weighted by molar-refractivity contribution is 6.32. The molecule has 6 heteroatoms. The number of nitrogens with zero attached hydrogens (tertiary/aromatic N) is 1. The smallest absolute Gasteiger partial charge is 0.252 e. The molecule has 3 aromatic rings. The molecule has 5 nitrogen and oxygen atoms in total. The van der Waals surface area contributed by atoms with Crippen LogP contribution in [0.1, 0.15) is 38.1 Å². The van der Waals surface area contributed by atoms with E-state index in [1.807, 2.05) is 18.2 Å². The van der Waals surface area contributed by atoms with Gasteiger partial charge in [0.2, 0.25) is 0 Å². The zero-order chi connectivity index (χ0) is 17.6. The molecule has 1 amide bonds. The number of amides is 1. The molecule has 126 valence electrons. The van der Waals surface area contributed by atoms with Gasteiger partial charge in [-0.05, 0) is 24.5 Å². The lowest BCUT2D eigenvalue weighted by Gasteiger charge is -2.28. The molecule has 0 bridgehead atoms. The second-order valence-electron chi connectivity index (χ2n) is 7.18. The average molecular weight is 345 g/mol. The zero-order valence-corrected chi connectivity index (χ0v) is 15.0. The van der Waals surface area contributed by atoms with Gasteiger partial charge in [-0.15, -0.1) is 0 Å². The van der Waals surface area contributed by atoms with E-state index in [0.717, 1.165) is 22.1 Å². The van der Waals surface area contributed by atoms with Crippen molar-refractivity contribution in [3.8, 4) is 0 Å². The highest BCUT2D eigenvalue weighted by Gasteiger charge is 2.23. The number of hydrogen-bond acceptors (Lipinski definition) is 3. The van der Waals surface area contributed by atoms with Crippen molar-refractivity contribution in [3.05, 3.63) is 35.0 Å². The molecule has 4 N–H and O–H groups in total. The fourth-order valence-corrected chi connectivity index (χ4v) is 2.77. The third-order valence-corrected chi connectivity index (χ3v) is 4.74. The van der Waals surface area contributed by atoms with Crippen LogP contribution >= 0.6 is 11.6 Å². The summed E-state index contributed by atoms with van der Waals surface area (Å²) in [7, 11) is 0. The monoisotopic (exact) mass is 344 g/mol. The van der Waals surface area contributed by atoms with E-state index in [9.17, 15) is 4.79 Å². The van der Waals surface area contributed by atoms with Gasteiger partial charge in [-0.3, -0.25) is 4.79 Å². The predicted octanol–water partition coefficient (Wildman–Crippen LogP) is 4.31. The number of rotatable bonds is 3. The van der Waals surface area contributed by atoms with Crippen molar-refractivity contribution in [1.82, 2.24) is 9.97 Å². The van der Waals surface area contributed by atoms with Crippen LogP contribution in [-0.2, 0) is 0 Å². The highest BCUT2D eigenvalue weighted by atomic mass is 35.5. The Labute approximate surface area is 145 Å². The maximum atomic E-state index is 11.8. The Morgan fingerprint density at radius 3 is 2.71 bits per heavy atom. The van der Waals surface area contributed by atoms with Crippen LogP contribution in [0.5, 0.6) is 0 Å². The van der Waals surface area contributed by atoms with E-state index in [4.69, 9.17) is 17.3 Å². The number of benzene rings is 1. The van der Waals surface area contributed by atoms with Gasteiger partial charge in [0.1, 0.15) is 5.82 Å². The van der Waals surface area contributed by atoms with Crippen molar-refractivity contribution in [3.63, 3.8) is 0 Å². The Bertz CT molecular complexity index is 939. The minimum absolute atomic E-state index is 0.0613. The number of carbonyl (C=O) groups is 1. The number of halogens is 1. The molecule has 24 heavy (non-hydrogen) atoms. The maximum Gasteiger partial charge on any atom is 0.252 e. The molecule has 2 heterocycles. The lowest BCUT2D eigenvalue weighted by molar-refractivity contribution is 0.100. The van der Waals surface area contributed by atoms with Crippen LogP contribution in [0.25, 0.3) is 21.8 Å². The molecule has 0 saturated heterocycles. The van der Waals surface area contributed by atoms with Crippen LogP contribution < -0.4 is 11.1 Å². The van der Waals surface area contributed by atoms with Gasteiger partial charge >= 0.3 is 0 Å². The second kappa shape index (κ2) is 5.67. The molecule has 0 aliphatic heterocycles. The van der Waals surface area contributed by atoms with Gasteiger partial charge in [0.05, 0.1) is 16.5 Å². The fraction of sp³-hybridized carbons (Fsp3) is 0.333. The predicted molar refractivity (Wildman–Crippen MR) is 99.7 cm³/mol. The van der Waals surface area contributed by atoms with Gasteiger partial charge in [-0.25, -0.2) is 4.98 Å². The van der Waals surface area contributed by atoms with Crippen LogP contribution in [0.15, 0.2) is 24.4 Å². The van der Waals surface area contributed by atoms with E-state index in [1.54, 1.807) is 0 Å². The van der Waals surface area contributed by atoms with E-state index in [-0.39, 0.29) is 11.5 Å². The normalized spacial score (nSPS) is 13.4. The fourth-order valence-electron chi connectivity index (χ4n) is 2.59.